The molecule has 0 atom stereocenters. The number of Topliss-reactive ketones (excluding diaryl/α,β-unsaturated/α-hetero) is 1. The summed E-state index contributed by atoms with van der Waals surface area (Å²) >= 11 is 0. The second kappa shape index (κ2) is 3.25. The van der Waals surface area contributed by atoms with E-state index >= 15 is 0 Å². The van der Waals surface area contributed by atoms with Crippen molar-refractivity contribution >= 4 is 11.7 Å². The van der Waals surface area contributed by atoms with E-state index in [1.165, 1.54) is 4.90 Å². The van der Waals surface area contributed by atoms with E-state index in [-0.39, 0.29) is 24.7 Å². The summed E-state index contributed by atoms with van der Waals surface area (Å²) in [6, 6.07) is 0. The summed E-state index contributed by atoms with van der Waals surface area (Å²) in [6.07, 6.45) is 1.61. The lowest BCUT2D eigenvalue weighted by molar-refractivity contribution is -0.128. The summed E-state index contributed by atoms with van der Waals surface area (Å²) in [6.45, 7) is 2.26. The molecule has 1 amide bonds. The molecule has 1 fully saturated rings. The number of nitrogens with zero attached hydrogens (tertiary/aromatic N) is 2. The van der Waals surface area contributed by atoms with E-state index in [2.05, 4.69) is 4.98 Å². The van der Waals surface area contributed by atoms with E-state index in [1.807, 2.05) is 0 Å². The Morgan fingerprint density at radius 1 is 1.57 bits per heavy atom. The van der Waals surface area contributed by atoms with Gasteiger partial charge in [-0.25, -0.2) is 4.98 Å². The standard InChI is InChI=1S/C9H10N2O3/c1-6-3-10-8(14-6)5-11-4-7(12)2-9(11)13/h3H,2,4-5H2,1H3. The Balaban J connectivity index is 2.05. The van der Waals surface area contributed by atoms with Gasteiger partial charge in [-0.15, -0.1) is 0 Å². The number of amides is 1. The highest BCUT2D eigenvalue weighted by molar-refractivity contribution is 6.05. The number of aryl methyl sites for hydroxylation is 1. The van der Waals surface area contributed by atoms with Crippen LogP contribution in [0, 0.1) is 6.92 Å². The van der Waals surface area contributed by atoms with Gasteiger partial charge in [-0.3, -0.25) is 9.59 Å². The van der Waals surface area contributed by atoms with Crippen LogP contribution in [0.4, 0.5) is 0 Å². The number of likely N-dealkylation sites (tertiary alicyclic amines) is 1. The molecule has 2 rings (SSSR count). The molecule has 5 nitrogen and oxygen atoms in total. The van der Waals surface area contributed by atoms with Crippen molar-refractivity contribution in [3.8, 4) is 0 Å². The number of ketones is 1. The first-order chi connectivity index (χ1) is 6.65. The first kappa shape index (κ1) is 8.93. The third-order valence-corrected chi connectivity index (χ3v) is 2.06. The molecule has 14 heavy (non-hydrogen) atoms. The van der Waals surface area contributed by atoms with E-state index in [9.17, 15) is 9.59 Å². The largest absolute Gasteiger partial charge is 0.444 e. The van der Waals surface area contributed by atoms with Gasteiger partial charge in [0.25, 0.3) is 0 Å². The molecule has 1 aromatic heterocycles. The molecule has 0 aliphatic carbocycles. The van der Waals surface area contributed by atoms with Gasteiger partial charge in [-0.05, 0) is 6.92 Å². The van der Waals surface area contributed by atoms with Crippen LogP contribution in [0.5, 0.6) is 0 Å². The topological polar surface area (TPSA) is 63.4 Å². The second-order valence-corrected chi connectivity index (χ2v) is 3.33. The molecule has 2 heterocycles. The zero-order valence-electron chi connectivity index (χ0n) is 7.82. The summed E-state index contributed by atoms with van der Waals surface area (Å²) in [5, 5.41) is 0. The second-order valence-electron chi connectivity index (χ2n) is 3.33. The lowest BCUT2D eigenvalue weighted by Crippen LogP contribution is -2.24. The van der Waals surface area contributed by atoms with Crippen LogP contribution in [0.3, 0.4) is 0 Å². The maximum absolute atomic E-state index is 11.2. The fourth-order valence-corrected chi connectivity index (χ4v) is 1.42. The summed E-state index contributed by atoms with van der Waals surface area (Å²) in [5.74, 6) is 0.993. The van der Waals surface area contributed by atoms with Crippen molar-refractivity contribution in [2.45, 2.75) is 19.9 Å². The normalized spacial score (nSPS) is 16.8. The van der Waals surface area contributed by atoms with Crippen LogP contribution in [0.2, 0.25) is 0 Å². The monoisotopic (exact) mass is 194 g/mol. The molecule has 0 N–H and O–H groups in total. The first-order valence-electron chi connectivity index (χ1n) is 4.36. The van der Waals surface area contributed by atoms with Crippen LogP contribution in [0.1, 0.15) is 18.1 Å². The SMILES string of the molecule is Cc1cnc(CN2CC(=O)CC2=O)o1. The molecule has 0 radical (unpaired) electrons. The molecule has 0 unspecified atom stereocenters. The van der Waals surface area contributed by atoms with Gasteiger partial charge in [-0.2, -0.15) is 0 Å². The highest BCUT2D eigenvalue weighted by Gasteiger charge is 2.28. The number of hydrogen-bond acceptors (Lipinski definition) is 4. The zero-order chi connectivity index (χ0) is 10.1. The minimum absolute atomic E-state index is 0.0136. The predicted molar refractivity (Wildman–Crippen MR) is 46.3 cm³/mol. The van der Waals surface area contributed by atoms with E-state index in [1.54, 1.807) is 13.1 Å². The van der Waals surface area contributed by atoms with Crippen molar-refractivity contribution in [3.05, 3.63) is 17.8 Å². The molecule has 1 saturated heterocycles. The Hall–Kier alpha value is -1.65. The smallest absolute Gasteiger partial charge is 0.230 e. The third-order valence-electron chi connectivity index (χ3n) is 2.06. The Morgan fingerprint density at radius 2 is 2.36 bits per heavy atom. The van der Waals surface area contributed by atoms with E-state index < -0.39 is 0 Å². The quantitative estimate of drug-likeness (QED) is 0.634. The van der Waals surface area contributed by atoms with E-state index in [0.717, 1.165) is 0 Å². The van der Waals surface area contributed by atoms with E-state index in [4.69, 9.17) is 4.42 Å². The lowest BCUT2D eigenvalue weighted by Gasteiger charge is -2.10. The van der Waals surface area contributed by atoms with Gasteiger partial charge >= 0.3 is 0 Å². The van der Waals surface area contributed by atoms with Crippen molar-refractivity contribution in [1.29, 1.82) is 0 Å². The van der Waals surface area contributed by atoms with Gasteiger partial charge in [0, 0.05) is 0 Å². The van der Waals surface area contributed by atoms with E-state index in [0.29, 0.717) is 18.2 Å². The summed E-state index contributed by atoms with van der Waals surface area (Å²) < 4.78 is 5.21. The number of oxazole rings is 1. The minimum atomic E-state index is -0.147. The van der Waals surface area contributed by atoms with Crippen LogP contribution in [0.25, 0.3) is 0 Å². The van der Waals surface area contributed by atoms with Crippen LogP contribution in [0.15, 0.2) is 10.6 Å². The van der Waals surface area contributed by atoms with Gasteiger partial charge in [0.1, 0.15) is 5.76 Å². The van der Waals surface area contributed by atoms with Gasteiger partial charge in [0.05, 0.1) is 25.7 Å². The fraction of sp³-hybridized carbons (Fsp3) is 0.444. The molecular formula is C9H10N2O3. The predicted octanol–water partition coefficient (Wildman–Crippen LogP) is 0.284. The highest BCUT2D eigenvalue weighted by Crippen LogP contribution is 2.11. The van der Waals surface area contributed by atoms with Crippen molar-refractivity contribution in [3.63, 3.8) is 0 Å². The van der Waals surface area contributed by atoms with Crippen LogP contribution in [-0.2, 0) is 16.1 Å². The molecule has 5 heteroatoms. The molecule has 0 spiro atoms. The number of carbonyl (C=O) groups excluding carboxylic acids is 2. The van der Waals surface area contributed by atoms with Gasteiger partial charge in [0.2, 0.25) is 11.8 Å². The van der Waals surface area contributed by atoms with Crippen molar-refractivity contribution < 1.29 is 14.0 Å². The molecule has 1 aliphatic rings. The Labute approximate surface area is 80.7 Å². The van der Waals surface area contributed by atoms with Crippen LogP contribution >= 0.6 is 0 Å². The van der Waals surface area contributed by atoms with Crippen molar-refractivity contribution in [2.75, 3.05) is 6.54 Å². The minimum Gasteiger partial charge on any atom is -0.444 e. The molecule has 1 aliphatic heterocycles. The zero-order valence-corrected chi connectivity index (χ0v) is 7.82. The van der Waals surface area contributed by atoms with Crippen molar-refractivity contribution in [2.24, 2.45) is 0 Å². The molecule has 0 saturated carbocycles. The summed E-state index contributed by atoms with van der Waals surface area (Å²) in [4.78, 5) is 27.6. The molecule has 0 bridgehead atoms. The molecular weight excluding hydrogens is 184 g/mol. The van der Waals surface area contributed by atoms with Gasteiger partial charge in [0.15, 0.2) is 5.78 Å². The van der Waals surface area contributed by atoms with Crippen LogP contribution < -0.4 is 0 Å². The van der Waals surface area contributed by atoms with Crippen LogP contribution in [-0.4, -0.2) is 28.1 Å². The number of carbonyl (C=O) groups is 2. The number of hydrogen-bond donors (Lipinski definition) is 0. The average Bonchev–Trinajstić information content (AvgIpc) is 2.61. The molecule has 74 valence electrons. The fourth-order valence-electron chi connectivity index (χ4n) is 1.42. The molecule has 0 aromatic carbocycles. The average molecular weight is 194 g/mol. The third kappa shape index (κ3) is 1.66. The Kier molecular flexibility index (Phi) is 2.07. The highest BCUT2D eigenvalue weighted by atomic mass is 16.4. The maximum atomic E-state index is 11.2. The summed E-state index contributed by atoms with van der Waals surface area (Å²) in [7, 11) is 0. The van der Waals surface area contributed by atoms with Gasteiger partial charge in [-0.1, -0.05) is 0 Å². The first-order valence-corrected chi connectivity index (χ1v) is 4.36. The number of rotatable bonds is 2. The maximum Gasteiger partial charge on any atom is 0.230 e. The summed E-state index contributed by atoms with van der Waals surface area (Å²) in [5.41, 5.74) is 0. The number of aromatic nitrogens is 1. The van der Waals surface area contributed by atoms with Gasteiger partial charge < -0.3 is 9.32 Å². The Morgan fingerprint density at radius 3 is 2.86 bits per heavy atom. The molecule has 1 aromatic rings. The Bertz CT molecular complexity index is 383. The lowest BCUT2D eigenvalue weighted by atomic mass is 10.3. The van der Waals surface area contributed by atoms with Crippen molar-refractivity contribution in [1.82, 2.24) is 9.88 Å².